The van der Waals surface area contributed by atoms with Gasteiger partial charge in [-0.1, -0.05) is 25.5 Å². The fourth-order valence-corrected chi connectivity index (χ4v) is 1.14. The molecule has 0 spiro atoms. The van der Waals surface area contributed by atoms with Crippen molar-refractivity contribution >= 4 is 5.78 Å². The van der Waals surface area contributed by atoms with Crippen LogP contribution in [0.2, 0.25) is 0 Å². The zero-order valence-corrected chi connectivity index (χ0v) is 7.72. The molecule has 0 saturated heterocycles. The third-order valence-corrected chi connectivity index (χ3v) is 1.90. The van der Waals surface area contributed by atoms with Crippen molar-refractivity contribution in [1.29, 1.82) is 0 Å². The number of ketones is 1. The Labute approximate surface area is 77.6 Å². The third kappa shape index (κ3) is 2.98. The van der Waals surface area contributed by atoms with Gasteiger partial charge >= 0.3 is 0 Å². The lowest BCUT2D eigenvalue weighted by atomic mass is 10.1. The molecule has 0 radical (unpaired) electrons. The Morgan fingerprint density at radius 2 is 2.23 bits per heavy atom. The molecule has 1 aromatic rings. The standard InChI is InChI=1S/C11H13FO/c1-2-3-7-11(13)9-5-4-6-10(12)8-9/h4-6,8H,2-3,7H2,1H3. The summed E-state index contributed by atoms with van der Waals surface area (Å²) in [5.41, 5.74) is 0.480. The van der Waals surface area contributed by atoms with Gasteiger partial charge in [-0.3, -0.25) is 4.79 Å². The predicted molar refractivity (Wildman–Crippen MR) is 50.3 cm³/mol. The second-order valence-corrected chi connectivity index (χ2v) is 3.04. The second kappa shape index (κ2) is 4.75. The highest BCUT2D eigenvalue weighted by Gasteiger charge is 2.04. The molecule has 0 atom stereocenters. The maximum absolute atomic E-state index is 12.7. The smallest absolute Gasteiger partial charge is 0.162 e. The molecule has 0 unspecified atom stereocenters. The molecule has 0 heterocycles. The van der Waals surface area contributed by atoms with Gasteiger partial charge in [-0.05, 0) is 18.6 Å². The van der Waals surface area contributed by atoms with E-state index in [-0.39, 0.29) is 11.6 Å². The lowest BCUT2D eigenvalue weighted by Gasteiger charge is -1.99. The van der Waals surface area contributed by atoms with E-state index in [1.807, 2.05) is 6.92 Å². The molecular weight excluding hydrogens is 167 g/mol. The third-order valence-electron chi connectivity index (χ3n) is 1.90. The Bertz CT molecular complexity index is 294. The molecule has 70 valence electrons. The predicted octanol–water partition coefficient (Wildman–Crippen LogP) is 3.20. The fraction of sp³-hybridized carbons (Fsp3) is 0.364. The monoisotopic (exact) mass is 180 g/mol. The van der Waals surface area contributed by atoms with Crippen molar-refractivity contribution in [3.05, 3.63) is 35.6 Å². The lowest BCUT2D eigenvalue weighted by molar-refractivity contribution is 0.0979. The number of carbonyl (C=O) groups is 1. The molecule has 13 heavy (non-hydrogen) atoms. The summed E-state index contributed by atoms with van der Waals surface area (Å²) < 4.78 is 12.7. The molecule has 1 rings (SSSR count). The highest BCUT2D eigenvalue weighted by molar-refractivity contribution is 5.95. The van der Waals surface area contributed by atoms with Crippen LogP contribution in [0.15, 0.2) is 24.3 Å². The minimum absolute atomic E-state index is 0.0290. The molecule has 0 bridgehead atoms. The number of hydrogen-bond donors (Lipinski definition) is 0. The highest BCUT2D eigenvalue weighted by Crippen LogP contribution is 2.08. The van der Waals surface area contributed by atoms with Crippen LogP contribution in [0.4, 0.5) is 4.39 Å². The highest BCUT2D eigenvalue weighted by atomic mass is 19.1. The minimum atomic E-state index is -0.345. The number of carbonyl (C=O) groups excluding carboxylic acids is 1. The van der Waals surface area contributed by atoms with Crippen molar-refractivity contribution in [2.75, 3.05) is 0 Å². The summed E-state index contributed by atoms with van der Waals surface area (Å²) in [6.45, 7) is 2.03. The molecule has 1 nitrogen and oxygen atoms in total. The molecule has 0 aliphatic rings. The van der Waals surface area contributed by atoms with Crippen molar-refractivity contribution in [3.8, 4) is 0 Å². The number of unbranched alkanes of at least 4 members (excludes halogenated alkanes) is 1. The summed E-state index contributed by atoms with van der Waals surface area (Å²) in [5.74, 6) is -0.316. The number of rotatable bonds is 4. The summed E-state index contributed by atoms with van der Waals surface area (Å²) >= 11 is 0. The number of hydrogen-bond acceptors (Lipinski definition) is 1. The molecule has 2 heteroatoms. The van der Waals surface area contributed by atoms with E-state index in [4.69, 9.17) is 0 Å². The van der Waals surface area contributed by atoms with Gasteiger partial charge < -0.3 is 0 Å². The van der Waals surface area contributed by atoms with Gasteiger partial charge in [0.15, 0.2) is 5.78 Å². The summed E-state index contributed by atoms with van der Waals surface area (Å²) in [6, 6.07) is 5.85. The van der Waals surface area contributed by atoms with Crippen LogP contribution in [0.1, 0.15) is 36.5 Å². The Balaban J connectivity index is 2.66. The largest absolute Gasteiger partial charge is 0.294 e. The van der Waals surface area contributed by atoms with Gasteiger partial charge in [0.1, 0.15) is 5.82 Å². The first kappa shape index (κ1) is 9.90. The van der Waals surface area contributed by atoms with E-state index in [0.717, 1.165) is 12.8 Å². The van der Waals surface area contributed by atoms with Crippen LogP contribution in [-0.4, -0.2) is 5.78 Å². The van der Waals surface area contributed by atoms with E-state index < -0.39 is 0 Å². The zero-order valence-electron chi connectivity index (χ0n) is 7.72. The average Bonchev–Trinajstić information content (AvgIpc) is 2.14. The van der Waals surface area contributed by atoms with E-state index in [1.165, 1.54) is 12.1 Å². The summed E-state index contributed by atoms with van der Waals surface area (Å²) in [6.07, 6.45) is 2.37. The fourth-order valence-electron chi connectivity index (χ4n) is 1.14. The molecular formula is C11H13FO. The van der Waals surface area contributed by atoms with Crippen molar-refractivity contribution in [3.63, 3.8) is 0 Å². The molecule has 1 aromatic carbocycles. The normalized spacial score (nSPS) is 10.0. The Morgan fingerprint density at radius 3 is 2.85 bits per heavy atom. The first-order chi connectivity index (χ1) is 6.24. The van der Waals surface area contributed by atoms with Crippen LogP contribution in [0.5, 0.6) is 0 Å². The van der Waals surface area contributed by atoms with Crippen LogP contribution in [0, 0.1) is 5.82 Å². The van der Waals surface area contributed by atoms with Crippen LogP contribution >= 0.6 is 0 Å². The van der Waals surface area contributed by atoms with Crippen molar-refractivity contribution < 1.29 is 9.18 Å². The van der Waals surface area contributed by atoms with Gasteiger partial charge in [0, 0.05) is 12.0 Å². The number of Topliss-reactive ketones (excluding diaryl/α,β-unsaturated/α-hetero) is 1. The Morgan fingerprint density at radius 1 is 1.46 bits per heavy atom. The molecule has 0 saturated carbocycles. The van der Waals surface area contributed by atoms with Gasteiger partial charge in [0.2, 0.25) is 0 Å². The minimum Gasteiger partial charge on any atom is -0.294 e. The molecule has 0 aliphatic carbocycles. The Hall–Kier alpha value is -1.18. The Kier molecular flexibility index (Phi) is 3.62. The van der Waals surface area contributed by atoms with Gasteiger partial charge in [-0.25, -0.2) is 4.39 Å². The summed E-state index contributed by atoms with van der Waals surface area (Å²) in [5, 5.41) is 0. The molecule has 0 aliphatic heterocycles. The van der Waals surface area contributed by atoms with Gasteiger partial charge in [0.25, 0.3) is 0 Å². The van der Waals surface area contributed by atoms with Crippen LogP contribution in [-0.2, 0) is 0 Å². The van der Waals surface area contributed by atoms with Crippen LogP contribution in [0.25, 0.3) is 0 Å². The van der Waals surface area contributed by atoms with E-state index in [9.17, 15) is 9.18 Å². The van der Waals surface area contributed by atoms with Crippen molar-refractivity contribution in [1.82, 2.24) is 0 Å². The maximum atomic E-state index is 12.7. The van der Waals surface area contributed by atoms with E-state index in [2.05, 4.69) is 0 Å². The molecule has 0 aromatic heterocycles. The lowest BCUT2D eigenvalue weighted by Crippen LogP contribution is -1.98. The zero-order chi connectivity index (χ0) is 9.68. The number of halogens is 1. The quantitative estimate of drug-likeness (QED) is 0.650. The van der Waals surface area contributed by atoms with Gasteiger partial charge in [0.05, 0.1) is 0 Å². The number of benzene rings is 1. The topological polar surface area (TPSA) is 17.1 Å². The summed E-state index contributed by atoms with van der Waals surface area (Å²) in [7, 11) is 0. The SMILES string of the molecule is CCCCC(=O)c1cccc(F)c1. The van der Waals surface area contributed by atoms with Crippen LogP contribution in [0.3, 0.4) is 0 Å². The second-order valence-electron chi connectivity index (χ2n) is 3.04. The summed E-state index contributed by atoms with van der Waals surface area (Å²) in [4.78, 5) is 11.4. The van der Waals surface area contributed by atoms with Crippen molar-refractivity contribution in [2.24, 2.45) is 0 Å². The molecule has 0 fully saturated rings. The van der Waals surface area contributed by atoms with E-state index in [1.54, 1.807) is 12.1 Å². The average molecular weight is 180 g/mol. The molecule has 0 N–H and O–H groups in total. The van der Waals surface area contributed by atoms with Gasteiger partial charge in [-0.15, -0.1) is 0 Å². The first-order valence-electron chi connectivity index (χ1n) is 4.53. The van der Waals surface area contributed by atoms with Crippen LogP contribution < -0.4 is 0 Å². The van der Waals surface area contributed by atoms with Crippen molar-refractivity contribution in [2.45, 2.75) is 26.2 Å². The maximum Gasteiger partial charge on any atom is 0.162 e. The molecule has 0 amide bonds. The van der Waals surface area contributed by atoms with E-state index >= 15 is 0 Å². The van der Waals surface area contributed by atoms with Gasteiger partial charge in [-0.2, -0.15) is 0 Å². The first-order valence-corrected chi connectivity index (χ1v) is 4.53. The van der Waals surface area contributed by atoms with E-state index in [0.29, 0.717) is 12.0 Å².